The summed E-state index contributed by atoms with van der Waals surface area (Å²) in [6.45, 7) is 11.6. The van der Waals surface area contributed by atoms with Crippen LogP contribution in [0.15, 0.2) is 0 Å². The summed E-state index contributed by atoms with van der Waals surface area (Å²) in [6, 6.07) is 0. The molecule has 1 N–H and O–H groups in total. The summed E-state index contributed by atoms with van der Waals surface area (Å²) in [4.78, 5) is 5.94. The van der Waals surface area contributed by atoms with Crippen molar-refractivity contribution in [1.82, 2.24) is 15.2 Å². The van der Waals surface area contributed by atoms with Crippen LogP contribution in [0.25, 0.3) is 9.88 Å². The van der Waals surface area contributed by atoms with Crippen molar-refractivity contribution in [1.29, 1.82) is 0 Å². The van der Waals surface area contributed by atoms with E-state index in [0.717, 1.165) is 28.8 Å². The largest absolute Gasteiger partial charge is 0.360 e. The van der Waals surface area contributed by atoms with E-state index >= 15 is 0 Å². The molecular weight excluding hydrogens is 276 g/mol. The van der Waals surface area contributed by atoms with Crippen molar-refractivity contribution >= 4 is 27.8 Å². The molecule has 4 nitrogen and oxygen atoms in total. The van der Waals surface area contributed by atoms with Gasteiger partial charge >= 0.3 is 0 Å². The first-order valence-electron chi connectivity index (χ1n) is 6.53. The van der Waals surface area contributed by atoms with Crippen LogP contribution in [-0.2, 0) is 11.8 Å². The van der Waals surface area contributed by atoms with E-state index in [1.165, 1.54) is 9.88 Å². The molecule has 2 aromatic rings. The molecule has 0 aliphatic rings. The van der Waals surface area contributed by atoms with Crippen molar-refractivity contribution in [2.75, 3.05) is 11.9 Å². The zero-order valence-corrected chi connectivity index (χ0v) is 13.7. The van der Waals surface area contributed by atoms with Crippen LogP contribution in [0.5, 0.6) is 0 Å². The molecule has 2 rings (SSSR count). The third-order valence-corrected chi connectivity index (χ3v) is 5.18. The quantitative estimate of drug-likeness (QED) is 0.928. The summed E-state index contributed by atoms with van der Waals surface area (Å²) in [7, 11) is 0. The highest BCUT2D eigenvalue weighted by atomic mass is 32.1. The van der Waals surface area contributed by atoms with Gasteiger partial charge in [-0.05, 0) is 13.3 Å². The molecule has 0 amide bonds. The van der Waals surface area contributed by atoms with E-state index in [2.05, 4.69) is 50.1 Å². The van der Waals surface area contributed by atoms with Gasteiger partial charge in [0.05, 0.1) is 15.6 Å². The van der Waals surface area contributed by atoms with E-state index in [0.29, 0.717) is 0 Å². The first-order chi connectivity index (χ1) is 8.95. The average molecular weight is 296 g/mol. The zero-order valence-electron chi connectivity index (χ0n) is 12.1. The van der Waals surface area contributed by atoms with E-state index in [-0.39, 0.29) is 5.41 Å². The van der Waals surface area contributed by atoms with Gasteiger partial charge in [0.1, 0.15) is 0 Å². The Bertz CT molecular complexity index is 551. The lowest BCUT2D eigenvalue weighted by molar-refractivity contribution is 0.583. The minimum Gasteiger partial charge on any atom is -0.360 e. The first kappa shape index (κ1) is 14.4. The van der Waals surface area contributed by atoms with Crippen LogP contribution < -0.4 is 5.32 Å². The second-order valence-electron chi connectivity index (χ2n) is 5.34. The molecule has 104 valence electrons. The Hall–Kier alpha value is -1.01. The van der Waals surface area contributed by atoms with Crippen LogP contribution >= 0.6 is 22.7 Å². The fourth-order valence-corrected chi connectivity index (χ4v) is 3.73. The normalized spacial score (nSPS) is 11.8. The maximum Gasteiger partial charge on any atom is 0.206 e. The van der Waals surface area contributed by atoms with Crippen molar-refractivity contribution in [3.05, 3.63) is 10.7 Å². The van der Waals surface area contributed by atoms with Crippen LogP contribution in [0.2, 0.25) is 0 Å². The third kappa shape index (κ3) is 3.12. The number of hydrogen-bond acceptors (Lipinski definition) is 6. The van der Waals surface area contributed by atoms with Crippen LogP contribution in [0.3, 0.4) is 0 Å². The monoisotopic (exact) mass is 296 g/mol. The number of anilines is 1. The Kier molecular flexibility index (Phi) is 4.20. The number of nitrogens with zero attached hydrogens (tertiary/aromatic N) is 3. The van der Waals surface area contributed by atoms with Gasteiger partial charge in [-0.25, -0.2) is 4.98 Å². The molecule has 0 saturated heterocycles. The molecule has 19 heavy (non-hydrogen) atoms. The molecule has 2 aromatic heterocycles. The molecule has 0 aromatic carbocycles. The molecule has 0 radical (unpaired) electrons. The molecule has 0 saturated carbocycles. The second kappa shape index (κ2) is 5.54. The SMILES string of the molecule is CCNc1nnc(-c2sc(C(C)(C)C)nc2CC)s1. The van der Waals surface area contributed by atoms with E-state index in [1.807, 2.05) is 0 Å². The van der Waals surface area contributed by atoms with Gasteiger partial charge < -0.3 is 5.32 Å². The summed E-state index contributed by atoms with van der Waals surface area (Å²) in [5, 5.41) is 14.7. The van der Waals surface area contributed by atoms with Crippen LogP contribution in [0, 0.1) is 0 Å². The number of hydrogen-bond donors (Lipinski definition) is 1. The molecule has 0 fully saturated rings. The Labute approximate surface area is 122 Å². The molecule has 2 heterocycles. The van der Waals surface area contributed by atoms with Gasteiger partial charge in [0.2, 0.25) is 5.13 Å². The van der Waals surface area contributed by atoms with Gasteiger partial charge in [0.25, 0.3) is 0 Å². The predicted octanol–water partition coefficient (Wildman–Crippen LogP) is 3.95. The van der Waals surface area contributed by atoms with E-state index in [4.69, 9.17) is 4.98 Å². The van der Waals surface area contributed by atoms with Crippen molar-refractivity contribution in [3.8, 4) is 9.88 Å². The number of rotatable bonds is 4. The Morgan fingerprint density at radius 2 is 1.84 bits per heavy atom. The van der Waals surface area contributed by atoms with Crippen molar-refractivity contribution < 1.29 is 0 Å². The number of aryl methyl sites for hydroxylation is 1. The van der Waals surface area contributed by atoms with E-state index in [1.54, 1.807) is 22.7 Å². The lowest BCUT2D eigenvalue weighted by atomic mass is 9.98. The molecule has 6 heteroatoms. The second-order valence-corrected chi connectivity index (χ2v) is 7.32. The highest BCUT2D eigenvalue weighted by molar-refractivity contribution is 7.23. The minimum atomic E-state index is 0.0853. The summed E-state index contributed by atoms with van der Waals surface area (Å²) in [5.74, 6) is 0. The maximum atomic E-state index is 4.77. The van der Waals surface area contributed by atoms with Crippen molar-refractivity contribution in [2.45, 2.75) is 46.5 Å². The fraction of sp³-hybridized carbons (Fsp3) is 0.615. The Morgan fingerprint density at radius 3 is 2.42 bits per heavy atom. The molecular formula is C13H20N4S2. The molecule has 0 aliphatic carbocycles. The maximum absolute atomic E-state index is 4.77. The molecule has 0 atom stereocenters. The van der Waals surface area contributed by atoms with E-state index in [9.17, 15) is 0 Å². The van der Waals surface area contributed by atoms with Gasteiger partial charge in [-0.15, -0.1) is 21.5 Å². The predicted molar refractivity (Wildman–Crippen MR) is 83.3 cm³/mol. The van der Waals surface area contributed by atoms with Crippen molar-refractivity contribution in [2.24, 2.45) is 0 Å². The fourth-order valence-electron chi connectivity index (χ4n) is 1.62. The molecule has 0 bridgehead atoms. The average Bonchev–Trinajstić information content (AvgIpc) is 2.93. The minimum absolute atomic E-state index is 0.0853. The van der Waals surface area contributed by atoms with Gasteiger partial charge in [0, 0.05) is 12.0 Å². The third-order valence-electron chi connectivity index (χ3n) is 2.62. The molecule has 0 aliphatic heterocycles. The summed E-state index contributed by atoms with van der Waals surface area (Å²) in [6.07, 6.45) is 0.929. The van der Waals surface area contributed by atoms with Gasteiger partial charge in [-0.3, -0.25) is 0 Å². The number of aromatic nitrogens is 3. The lowest BCUT2D eigenvalue weighted by Gasteiger charge is -2.13. The summed E-state index contributed by atoms with van der Waals surface area (Å²) >= 11 is 3.35. The van der Waals surface area contributed by atoms with Gasteiger partial charge in [-0.1, -0.05) is 39.0 Å². The zero-order chi connectivity index (χ0) is 14.0. The summed E-state index contributed by atoms with van der Waals surface area (Å²) in [5.41, 5.74) is 1.22. The Balaban J connectivity index is 2.39. The highest BCUT2D eigenvalue weighted by Gasteiger charge is 2.23. The number of thiazole rings is 1. The molecule has 0 unspecified atom stereocenters. The smallest absolute Gasteiger partial charge is 0.206 e. The summed E-state index contributed by atoms with van der Waals surface area (Å²) < 4.78 is 0. The molecule has 0 spiro atoms. The highest BCUT2D eigenvalue weighted by Crippen LogP contribution is 2.38. The number of nitrogens with one attached hydrogen (secondary N) is 1. The standard InChI is InChI=1S/C13H20N4S2/c1-6-8-9(18-11(15-8)13(3,4)5)10-16-17-12(19-10)14-7-2/h6-7H2,1-5H3,(H,14,17). The van der Waals surface area contributed by atoms with Crippen LogP contribution in [0.4, 0.5) is 5.13 Å². The lowest BCUT2D eigenvalue weighted by Crippen LogP contribution is -2.10. The van der Waals surface area contributed by atoms with Crippen molar-refractivity contribution in [3.63, 3.8) is 0 Å². The van der Waals surface area contributed by atoms with Gasteiger partial charge in [-0.2, -0.15) is 0 Å². The Morgan fingerprint density at radius 1 is 1.11 bits per heavy atom. The first-order valence-corrected chi connectivity index (χ1v) is 8.17. The van der Waals surface area contributed by atoms with Crippen LogP contribution in [0.1, 0.15) is 45.3 Å². The van der Waals surface area contributed by atoms with Gasteiger partial charge in [0.15, 0.2) is 5.01 Å². The van der Waals surface area contributed by atoms with Crippen LogP contribution in [-0.4, -0.2) is 21.7 Å². The van der Waals surface area contributed by atoms with E-state index < -0.39 is 0 Å². The topological polar surface area (TPSA) is 50.7 Å².